The fraction of sp³-hybridized carbons (Fsp3) is 0.211. The van der Waals surface area contributed by atoms with Crippen LogP contribution in [0.4, 0.5) is 4.79 Å². The molecule has 0 aliphatic carbocycles. The van der Waals surface area contributed by atoms with Crippen molar-refractivity contribution in [1.29, 1.82) is 0 Å². The number of hydrogen-bond donors (Lipinski definition) is 1. The summed E-state index contributed by atoms with van der Waals surface area (Å²) in [7, 11) is 1.40. The maximum absolute atomic E-state index is 12.4. The van der Waals surface area contributed by atoms with E-state index >= 15 is 0 Å². The minimum atomic E-state index is -0.368. The van der Waals surface area contributed by atoms with Gasteiger partial charge in [-0.05, 0) is 41.8 Å². The van der Waals surface area contributed by atoms with Crippen molar-refractivity contribution in [3.05, 3.63) is 69.3 Å². The third-order valence-electron chi connectivity index (χ3n) is 4.70. The lowest BCUT2D eigenvalue weighted by atomic mass is 9.92. The Morgan fingerprint density at radius 1 is 1.24 bits per heavy atom. The Balaban J connectivity index is 1.95. The average molecular weight is 375 g/mol. The molecule has 128 valence electrons. The van der Waals surface area contributed by atoms with Crippen LogP contribution in [0.15, 0.2) is 42.5 Å². The second kappa shape index (κ2) is 6.28. The van der Waals surface area contributed by atoms with Crippen molar-refractivity contribution in [3.8, 4) is 0 Å². The van der Waals surface area contributed by atoms with Crippen molar-refractivity contribution in [2.75, 3.05) is 13.7 Å². The number of nitrogens with one attached hydrogen (secondary N) is 1. The Morgan fingerprint density at radius 2 is 2.04 bits per heavy atom. The molecular formula is C19H16Cl2N2O2. The summed E-state index contributed by atoms with van der Waals surface area (Å²) in [6, 6.07) is 13.0. The number of carbonyl (C=O) groups excluding carboxylic acids is 1. The number of H-pyrrole nitrogens is 1. The van der Waals surface area contributed by atoms with Crippen LogP contribution < -0.4 is 0 Å². The second-order valence-corrected chi connectivity index (χ2v) is 6.89. The lowest BCUT2D eigenvalue weighted by molar-refractivity contribution is 0.108. The number of aromatic nitrogens is 1. The summed E-state index contributed by atoms with van der Waals surface area (Å²) in [4.78, 5) is 17.5. The molecule has 4 nitrogen and oxygen atoms in total. The molecule has 6 heteroatoms. The SMILES string of the molecule is COC(=O)N1CCc2c([nH]c3ccc(Cl)cc23)C1c1ccccc1Cl. The van der Waals surface area contributed by atoms with Crippen LogP contribution >= 0.6 is 23.2 Å². The molecule has 0 saturated carbocycles. The van der Waals surface area contributed by atoms with E-state index in [1.807, 2.05) is 42.5 Å². The number of aromatic amines is 1. The molecule has 4 rings (SSSR count). The van der Waals surface area contributed by atoms with Gasteiger partial charge in [-0.25, -0.2) is 4.79 Å². The van der Waals surface area contributed by atoms with Crippen molar-refractivity contribution in [3.63, 3.8) is 0 Å². The predicted molar refractivity (Wildman–Crippen MR) is 99.4 cm³/mol. The van der Waals surface area contributed by atoms with Crippen LogP contribution in [0.25, 0.3) is 10.9 Å². The van der Waals surface area contributed by atoms with E-state index in [2.05, 4.69) is 4.98 Å². The Hall–Kier alpha value is -2.17. The molecule has 0 bridgehead atoms. The third-order valence-corrected chi connectivity index (χ3v) is 5.28. The Kier molecular flexibility index (Phi) is 4.10. The highest BCUT2D eigenvalue weighted by Crippen LogP contribution is 2.41. The first kappa shape index (κ1) is 16.3. The molecule has 2 aromatic carbocycles. The number of ether oxygens (including phenoxy) is 1. The van der Waals surface area contributed by atoms with Gasteiger partial charge in [0.2, 0.25) is 0 Å². The molecular weight excluding hydrogens is 359 g/mol. The van der Waals surface area contributed by atoms with E-state index in [1.165, 1.54) is 12.7 Å². The van der Waals surface area contributed by atoms with E-state index in [-0.39, 0.29) is 12.1 Å². The lowest BCUT2D eigenvalue weighted by Crippen LogP contribution is -2.40. The van der Waals surface area contributed by atoms with E-state index < -0.39 is 0 Å². The minimum Gasteiger partial charge on any atom is -0.453 e. The number of carbonyl (C=O) groups is 1. The van der Waals surface area contributed by atoms with E-state index in [9.17, 15) is 4.79 Å². The topological polar surface area (TPSA) is 45.3 Å². The highest BCUT2D eigenvalue weighted by Gasteiger charge is 2.36. The normalized spacial score (nSPS) is 16.8. The Morgan fingerprint density at radius 3 is 2.80 bits per heavy atom. The molecule has 1 unspecified atom stereocenters. The number of hydrogen-bond acceptors (Lipinski definition) is 2. The number of fused-ring (bicyclic) bond motifs is 3. The number of benzene rings is 2. The zero-order valence-electron chi connectivity index (χ0n) is 13.6. The molecule has 0 fully saturated rings. The zero-order valence-corrected chi connectivity index (χ0v) is 15.1. The molecule has 1 aromatic heterocycles. The highest BCUT2D eigenvalue weighted by atomic mass is 35.5. The van der Waals surface area contributed by atoms with Gasteiger partial charge in [-0.3, -0.25) is 4.90 Å². The number of methoxy groups -OCH3 is 1. The summed E-state index contributed by atoms with van der Waals surface area (Å²) in [6.45, 7) is 0.551. The first-order chi connectivity index (χ1) is 12.1. The van der Waals surface area contributed by atoms with Crippen molar-refractivity contribution in [2.45, 2.75) is 12.5 Å². The van der Waals surface area contributed by atoms with E-state index in [0.717, 1.165) is 28.6 Å². The van der Waals surface area contributed by atoms with Gasteiger partial charge >= 0.3 is 6.09 Å². The Labute approximate surface area is 155 Å². The maximum atomic E-state index is 12.4. The van der Waals surface area contributed by atoms with Crippen molar-refractivity contribution < 1.29 is 9.53 Å². The van der Waals surface area contributed by atoms with Crippen LogP contribution in [0.1, 0.15) is 22.9 Å². The van der Waals surface area contributed by atoms with Crippen LogP contribution in [0.2, 0.25) is 10.0 Å². The highest BCUT2D eigenvalue weighted by molar-refractivity contribution is 6.31. The van der Waals surface area contributed by atoms with E-state index in [4.69, 9.17) is 27.9 Å². The third kappa shape index (κ3) is 2.66. The van der Waals surface area contributed by atoms with E-state index in [1.54, 1.807) is 4.90 Å². The van der Waals surface area contributed by atoms with Crippen molar-refractivity contribution in [2.24, 2.45) is 0 Å². The molecule has 1 atom stereocenters. The Bertz CT molecular complexity index is 967. The first-order valence-electron chi connectivity index (χ1n) is 7.99. The molecule has 2 heterocycles. The van der Waals surface area contributed by atoms with Gasteiger partial charge in [0.05, 0.1) is 7.11 Å². The van der Waals surface area contributed by atoms with Crippen LogP contribution in [0.3, 0.4) is 0 Å². The summed E-state index contributed by atoms with van der Waals surface area (Å²) in [5.41, 5.74) is 4.00. The summed E-state index contributed by atoms with van der Waals surface area (Å²) in [6.07, 6.45) is 0.360. The van der Waals surface area contributed by atoms with Gasteiger partial charge in [0.1, 0.15) is 6.04 Å². The van der Waals surface area contributed by atoms with E-state index in [0.29, 0.717) is 16.6 Å². The van der Waals surface area contributed by atoms with Crippen LogP contribution in [-0.2, 0) is 11.2 Å². The molecule has 25 heavy (non-hydrogen) atoms. The molecule has 3 aromatic rings. The zero-order chi connectivity index (χ0) is 17.6. The van der Waals surface area contributed by atoms with Crippen molar-refractivity contribution in [1.82, 2.24) is 9.88 Å². The van der Waals surface area contributed by atoms with Crippen LogP contribution in [0, 0.1) is 0 Å². The first-order valence-corrected chi connectivity index (χ1v) is 8.74. The maximum Gasteiger partial charge on any atom is 0.410 e. The summed E-state index contributed by atoms with van der Waals surface area (Å²) in [5, 5.41) is 2.40. The van der Waals surface area contributed by atoms with Gasteiger partial charge in [0, 0.05) is 33.2 Å². The lowest BCUT2D eigenvalue weighted by Gasteiger charge is -2.35. The van der Waals surface area contributed by atoms with Gasteiger partial charge in [-0.15, -0.1) is 0 Å². The van der Waals surface area contributed by atoms with Gasteiger partial charge in [0.15, 0.2) is 0 Å². The number of rotatable bonds is 1. The molecule has 1 aliphatic heterocycles. The summed E-state index contributed by atoms with van der Waals surface area (Å²) in [5.74, 6) is 0. The standard InChI is InChI=1S/C19H16Cl2N2O2/c1-25-19(24)23-9-8-12-14-10-11(20)6-7-16(14)22-17(12)18(23)13-4-2-3-5-15(13)21/h2-7,10,18,22H,8-9H2,1H3. The summed E-state index contributed by atoms with van der Waals surface area (Å²) >= 11 is 12.6. The fourth-order valence-electron chi connectivity index (χ4n) is 3.59. The van der Waals surface area contributed by atoms with Gasteiger partial charge < -0.3 is 9.72 Å². The molecule has 1 amide bonds. The van der Waals surface area contributed by atoms with Crippen LogP contribution in [-0.4, -0.2) is 29.6 Å². The molecule has 0 radical (unpaired) electrons. The number of amides is 1. The minimum absolute atomic E-state index is 0.323. The van der Waals surface area contributed by atoms with Crippen molar-refractivity contribution >= 4 is 40.2 Å². The fourth-order valence-corrected chi connectivity index (χ4v) is 4.01. The predicted octanol–water partition coefficient (Wildman–Crippen LogP) is 5.19. The monoisotopic (exact) mass is 374 g/mol. The molecule has 1 N–H and O–H groups in total. The second-order valence-electron chi connectivity index (χ2n) is 6.04. The largest absolute Gasteiger partial charge is 0.453 e. The van der Waals surface area contributed by atoms with Gasteiger partial charge in [-0.2, -0.15) is 0 Å². The molecule has 1 aliphatic rings. The van der Waals surface area contributed by atoms with Crippen LogP contribution in [0.5, 0.6) is 0 Å². The smallest absolute Gasteiger partial charge is 0.410 e. The molecule has 0 saturated heterocycles. The average Bonchev–Trinajstić information content (AvgIpc) is 2.99. The van der Waals surface area contributed by atoms with Gasteiger partial charge in [0.25, 0.3) is 0 Å². The molecule has 0 spiro atoms. The van der Waals surface area contributed by atoms with Gasteiger partial charge in [-0.1, -0.05) is 41.4 Å². The quantitative estimate of drug-likeness (QED) is 0.636. The number of halogens is 2. The number of nitrogens with zero attached hydrogens (tertiary/aromatic N) is 1. The summed E-state index contributed by atoms with van der Waals surface area (Å²) < 4.78 is 5.00.